The van der Waals surface area contributed by atoms with E-state index in [2.05, 4.69) is 41.5 Å². The van der Waals surface area contributed by atoms with Crippen molar-refractivity contribution in [3.63, 3.8) is 0 Å². The van der Waals surface area contributed by atoms with Gasteiger partial charge in [0.15, 0.2) is 0 Å². The first-order chi connectivity index (χ1) is 8.29. The smallest absolute Gasteiger partial charge is 0.232 e. The Kier molecular flexibility index (Phi) is 3.86. The second-order valence-electron chi connectivity index (χ2n) is 3.14. The van der Waals surface area contributed by atoms with E-state index in [4.69, 9.17) is 4.74 Å². The number of nitrogens with one attached hydrogen (secondary N) is 1. The minimum absolute atomic E-state index is 0.503. The van der Waals surface area contributed by atoms with E-state index in [0.717, 1.165) is 4.47 Å². The molecule has 2 heterocycles. The molecule has 0 aliphatic heterocycles. The van der Waals surface area contributed by atoms with Gasteiger partial charge in [-0.3, -0.25) is 4.68 Å². The Balaban J connectivity index is 1.90. The predicted molar refractivity (Wildman–Crippen MR) is 64.8 cm³/mol. The molecular weight excluding hydrogens is 288 g/mol. The van der Waals surface area contributed by atoms with E-state index in [0.29, 0.717) is 24.9 Å². The van der Waals surface area contributed by atoms with E-state index in [-0.39, 0.29) is 0 Å². The summed E-state index contributed by atoms with van der Waals surface area (Å²) in [5.41, 5.74) is 0. The summed E-state index contributed by atoms with van der Waals surface area (Å²) < 4.78 is 7.52. The van der Waals surface area contributed by atoms with Crippen LogP contribution in [0.5, 0.6) is 5.88 Å². The number of halogens is 1. The van der Waals surface area contributed by atoms with Crippen molar-refractivity contribution < 1.29 is 4.74 Å². The minimum atomic E-state index is 0.503. The lowest BCUT2D eigenvalue weighted by molar-refractivity contribution is 0.394. The first kappa shape index (κ1) is 11.8. The second kappa shape index (κ2) is 5.58. The molecule has 0 fully saturated rings. The van der Waals surface area contributed by atoms with Gasteiger partial charge in [-0.15, -0.1) is 5.10 Å². The molecule has 8 heteroatoms. The van der Waals surface area contributed by atoms with Crippen LogP contribution in [0.1, 0.15) is 0 Å². The second-order valence-corrected chi connectivity index (χ2v) is 4.00. The molecule has 0 amide bonds. The maximum atomic E-state index is 5.07. The van der Waals surface area contributed by atoms with Gasteiger partial charge in [0, 0.05) is 12.7 Å². The Bertz CT molecular complexity index is 474. The van der Waals surface area contributed by atoms with E-state index in [1.807, 2.05) is 0 Å². The average molecular weight is 299 g/mol. The Hall–Kier alpha value is -1.70. The van der Waals surface area contributed by atoms with Gasteiger partial charge in [0.1, 0.15) is 0 Å². The molecule has 2 aromatic heterocycles. The van der Waals surface area contributed by atoms with Crippen LogP contribution in [0.4, 0.5) is 5.95 Å². The summed E-state index contributed by atoms with van der Waals surface area (Å²) in [6.45, 7) is 1.36. The minimum Gasteiger partial charge on any atom is -0.480 e. The Labute approximate surface area is 106 Å². The van der Waals surface area contributed by atoms with Crippen molar-refractivity contribution in [2.45, 2.75) is 6.54 Å². The first-order valence-corrected chi connectivity index (χ1v) is 5.73. The van der Waals surface area contributed by atoms with E-state index in [9.17, 15) is 0 Å². The summed E-state index contributed by atoms with van der Waals surface area (Å²) in [6, 6.07) is 0. The van der Waals surface area contributed by atoms with Gasteiger partial charge in [0.25, 0.3) is 0 Å². The summed E-state index contributed by atoms with van der Waals surface area (Å²) in [4.78, 5) is 8.28. The Morgan fingerprint density at radius 1 is 1.53 bits per heavy atom. The highest BCUT2D eigenvalue weighted by molar-refractivity contribution is 9.10. The van der Waals surface area contributed by atoms with Crippen LogP contribution >= 0.6 is 15.9 Å². The van der Waals surface area contributed by atoms with Gasteiger partial charge in [-0.25, -0.2) is 4.98 Å². The summed E-state index contributed by atoms with van der Waals surface area (Å²) in [5.74, 6) is 1.02. The molecule has 0 atom stereocenters. The molecule has 0 saturated carbocycles. The summed E-state index contributed by atoms with van der Waals surface area (Å²) in [5, 5.41) is 10.6. The van der Waals surface area contributed by atoms with Crippen molar-refractivity contribution in [1.82, 2.24) is 25.0 Å². The molecule has 0 saturated heterocycles. The molecular formula is C9H11BrN6O. The molecule has 1 N–H and O–H groups in total. The van der Waals surface area contributed by atoms with Crippen molar-refractivity contribution in [2.24, 2.45) is 0 Å². The fraction of sp³-hybridized carbons (Fsp3) is 0.333. The van der Waals surface area contributed by atoms with Crippen molar-refractivity contribution in [2.75, 3.05) is 19.0 Å². The van der Waals surface area contributed by atoms with E-state index in [1.54, 1.807) is 30.4 Å². The molecule has 7 nitrogen and oxygen atoms in total. The standard InChI is InChI=1S/C9H11BrN6O/c1-17-8-7(10)6-12-9(14-8)11-2-4-16-5-3-13-15-16/h3,5-6H,2,4H2,1H3,(H,11,12,14). The Morgan fingerprint density at radius 2 is 2.41 bits per heavy atom. The molecule has 17 heavy (non-hydrogen) atoms. The van der Waals surface area contributed by atoms with Gasteiger partial charge >= 0.3 is 0 Å². The number of anilines is 1. The van der Waals surface area contributed by atoms with Crippen LogP contribution < -0.4 is 10.1 Å². The zero-order chi connectivity index (χ0) is 12.1. The van der Waals surface area contributed by atoms with Gasteiger partial charge < -0.3 is 10.1 Å². The average Bonchev–Trinajstić information content (AvgIpc) is 2.84. The highest BCUT2D eigenvalue weighted by atomic mass is 79.9. The molecule has 0 aliphatic rings. The molecule has 90 valence electrons. The molecule has 0 unspecified atom stereocenters. The lowest BCUT2D eigenvalue weighted by atomic mass is 10.6. The van der Waals surface area contributed by atoms with Gasteiger partial charge in [-0.1, -0.05) is 5.21 Å². The fourth-order valence-corrected chi connectivity index (χ4v) is 1.57. The van der Waals surface area contributed by atoms with Crippen LogP contribution in [0.15, 0.2) is 23.1 Å². The lowest BCUT2D eigenvalue weighted by Crippen LogP contribution is -2.13. The number of methoxy groups -OCH3 is 1. The molecule has 0 spiro atoms. The van der Waals surface area contributed by atoms with Gasteiger partial charge in [-0.2, -0.15) is 4.98 Å². The maximum Gasteiger partial charge on any atom is 0.232 e. The third kappa shape index (κ3) is 3.13. The number of hydrogen-bond donors (Lipinski definition) is 1. The van der Waals surface area contributed by atoms with Crippen molar-refractivity contribution in [3.8, 4) is 5.88 Å². The quantitative estimate of drug-likeness (QED) is 0.885. The van der Waals surface area contributed by atoms with Crippen LogP contribution in [0.2, 0.25) is 0 Å². The number of rotatable bonds is 5. The predicted octanol–water partition coefficient (Wildman–Crippen LogP) is 0.951. The van der Waals surface area contributed by atoms with Crippen LogP contribution in [0.25, 0.3) is 0 Å². The molecule has 2 aromatic rings. The van der Waals surface area contributed by atoms with Gasteiger partial charge in [0.2, 0.25) is 11.8 Å². The van der Waals surface area contributed by atoms with Gasteiger partial charge in [0.05, 0.1) is 30.5 Å². The zero-order valence-electron chi connectivity index (χ0n) is 9.17. The highest BCUT2D eigenvalue weighted by Crippen LogP contribution is 2.21. The van der Waals surface area contributed by atoms with Crippen molar-refractivity contribution in [3.05, 3.63) is 23.1 Å². The largest absolute Gasteiger partial charge is 0.480 e. The van der Waals surface area contributed by atoms with E-state index in [1.165, 1.54) is 0 Å². The normalized spacial score (nSPS) is 10.2. The number of ether oxygens (including phenoxy) is 1. The molecule has 0 aromatic carbocycles. The van der Waals surface area contributed by atoms with Crippen molar-refractivity contribution >= 4 is 21.9 Å². The van der Waals surface area contributed by atoms with Crippen LogP contribution in [0, 0.1) is 0 Å². The SMILES string of the molecule is COc1nc(NCCn2ccnn2)ncc1Br. The molecule has 0 aliphatic carbocycles. The Morgan fingerprint density at radius 3 is 3.12 bits per heavy atom. The van der Waals surface area contributed by atoms with Gasteiger partial charge in [-0.05, 0) is 15.9 Å². The highest BCUT2D eigenvalue weighted by Gasteiger charge is 2.04. The van der Waals surface area contributed by atoms with Crippen LogP contribution in [-0.2, 0) is 6.54 Å². The van der Waals surface area contributed by atoms with Crippen molar-refractivity contribution in [1.29, 1.82) is 0 Å². The topological polar surface area (TPSA) is 77.8 Å². The summed E-state index contributed by atoms with van der Waals surface area (Å²) in [6.07, 6.45) is 5.08. The number of hydrogen-bond acceptors (Lipinski definition) is 6. The summed E-state index contributed by atoms with van der Waals surface area (Å²) in [7, 11) is 1.56. The number of aromatic nitrogens is 5. The fourth-order valence-electron chi connectivity index (χ4n) is 1.21. The van der Waals surface area contributed by atoms with Crippen LogP contribution in [0.3, 0.4) is 0 Å². The van der Waals surface area contributed by atoms with E-state index >= 15 is 0 Å². The molecule has 0 bridgehead atoms. The third-order valence-electron chi connectivity index (χ3n) is 2.00. The summed E-state index contributed by atoms with van der Waals surface area (Å²) >= 11 is 3.29. The molecule has 0 radical (unpaired) electrons. The maximum absolute atomic E-state index is 5.07. The number of nitrogens with zero attached hydrogens (tertiary/aromatic N) is 5. The van der Waals surface area contributed by atoms with E-state index < -0.39 is 0 Å². The lowest BCUT2D eigenvalue weighted by Gasteiger charge is -2.06. The first-order valence-electron chi connectivity index (χ1n) is 4.94. The monoisotopic (exact) mass is 298 g/mol. The zero-order valence-corrected chi connectivity index (χ0v) is 10.8. The third-order valence-corrected chi connectivity index (χ3v) is 2.55. The van der Waals surface area contributed by atoms with Crippen LogP contribution in [-0.4, -0.2) is 38.6 Å². The molecule has 2 rings (SSSR count).